The van der Waals surface area contributed by atoms with Crippen molar-refractivity contribution in [3.63, 3.8) is 0 Å². The summed E-state index contributed by atoms with van der Waals surface area (Å²) in [6.07, 6.45) is 0.617. The number of carboxylic acid groups (broad SMARTS) is 1. The van der Waals surface area contributed by atoms with E-state index in [0.717, 1.165) is 12.0 Å². The van der Waals surface area contributed by atoms with E-state index in [4.69, 9.17) is 14.2 Å². The third-order valence-electron chi connectivity index (χ3n) is 3.49. The Kier molecular flexibility index (Phi) is 6.63. The van der Waals surface area contributed by atoms with Crippen molar-refractivity contribution in [2.75, 3.05) is 13.7 Å². The van der Waals surface area contributed by atoms with Gasteiger partial charge in [-0.3, -0.25) is 0 Å². The quantitative estimate of drug-likeness (QED) is 0.758. The van der Waals surface area contributed by atoms with Crippen LogP contribution in [-0.2, 0) is 11.3 Å². The van der Waals surface area contributed by atoms with Crippen molar-refractivity contribution >= 4 is 5.97 Å². The molecule has 0 bridgehead atoms. The first-order chi connectivity index (χ1) is 11.6. The van der Waals surface area contributed by atoms with Gasteiger partial charge in [-0.05, 0) is 24.1 Å². The summed E-state index contributed by atoms with van der Waals surface area (Å²) in [6.45, 7) is 2.78. The standard InChI is InChI=1S/C19H22O5/c1-3-16(13-22-2)24-18-10-15(19(20)21)9-17(11-18)23-12-14-7-5-4-6-8-14/h4-11,16H,3,12-13H2,1-2H3,(H,20,21)/t16-/m0/s1. The van der Waals surface area contributed by atoms with Crippen molar-refractivity contribution in [2.24, 2.45) is 0 Å². The molecule has 0 heterocycles. The van der Waals surface area contributed by atoms with Gasteiger partial charge in [-0.25, -0.2) is 4.79 Å². The minimum atomic E-state index is -1.02. The lowest BCUT2D eigenvalue weighted by Gasteiger charge is -2.18. The molecule has 2 aromatic rings. The van der Waals surface area contributed by atoms with Crippen LogP contribution >= 0.6 is 0 Å². The van der Waals surface area contributed by atoms with Gasteiger partial charge in [0, 0.05) is 13.2 Å². The highest BCUT2D eigenvalue weighted by Gasteiger charge is 2.13. The SMILES string of the molecule is CC[C@@H](COC)Oc1cc(OCc2ccccc2)cc(C(=O)O)c1. The third-order valence-corrected chi connectivity index (χ3v) is 3.49. The maximum Gasteiger partial charge on any atom is 0.335 e. The number of carbonyl (C=O) groups is 1. The lowest BCUT2D eigenvalue weighted by Crippen LogP contribution is -2.21. The Morgan fingerprint density at radius 1 is 1.12 bits per heavy atom. The molecule has 0 aliphatic heterocycles. The van der Waals surface area contributed by atoms with Gasteiger partial charge in [-0.2, -0.15) is 0 Å². The second-order valence-electron chi connectivity index (χ2n) is 5.38. The molecule has 0 saturated carbocycles. The van der Waals surface area contributed by atoms with Gasteiger partial charge in [0.15, 0.2) is 0 Å². The predicted octanol–water partition coefficient (Wildman–Crippen LogP) is 3.77. The molecule has 2 aromatic carbocycles. The summed E-state index contributed by atoms with van der Waals surface area (Å²) in [5.41, 5.74) is 1.13. The number of ether oxygens (including phenoxy) is 3. The maximum atomic E-state index is 11.3. The first-order valence-electron chi connectivity index (χ1n) is 7.83. The monoisotopic (exact) mass is 330 g/mol. The molecule has 0 saturated heterocycles. The lowest BCUT2D eigenvalue weighted by atomic mass is 10.2. The molecule has 1 atom stereocenters. The summed E-state index contributed by atoms with van der Waals surface area (Å²) < 4.78 is 16.7. The molecule has 0 aliphatic rings. The fourth-order valence-electron chi connectivity index (χ4n) is 2.20. The van der Waals surface area contributed by atoms with Crippen LogP contribution in [0.4, 0.5) is 0 Å². The molecule has 0 amide bonds. The molecule has 0 unspecified atom stereocenters. The van der Waals surface area contributed by atoms with Crippen molar-refractivity contribution in [3.05, 3.63) is 59.7 Å². The molecule has 1 N–H and O–H groups in total. The van der Waals surface area contributed by atoms with E-state index in [2.05, 4.69) is 0 Å². The van der Waals surface area contributed by atoms with Crippen molar-refractivity contribution in [3.8, 4) is 11.5 Å². The van der Waals surface area contributed by atoms with Crippen LogP contribution in [0.1, 0.15) is 29.3 Å². The number of rotatable bonds is 9. The van der Waals surface area contributed by atoms with Gasteiger partial charge in [0.25, 0.3) is 0 Å². The zero-order valence-corrected chi connectivity index (χ0v) is 13.9. The van der Waals surface area contributed by atoms with Crippen LogP contribution < -0.4 is 9.47 Å². The van der Waals surface area contributed by atoms with Gasteiger partial charge in [0.1, 0.15) is 24.2 Å². The normalized spacial score (nSPS) is 11.8. The topological polar surface area (TPSA) is 65.0 Å². The van der Waals surface area contributed by atoms with Gasteiger partial charge in [0.2, 0.25) is 0 Å². The first-order valence-corrected chi connectivity index (χ1v) is 7.83. The molecular weight excluding hydrogens is 308 g/mol. The molecule has 2 rings (SSSR count). The van der Waals surface area contributed by atoms with Crippen LogP contribution in [0.3, 0.4) is 0 Å². The molecular formula is C19H22O5. The van der Waals surface area contributed by atoms with Crippen LogP contribution in [0, 0.1) is 0 Å². The highest BCUT2D eigenvalue weighted by atomic mass is 16.5. The summed E-state index contributed by atoms with van der Waals surface area (Å²) in [5.74, 6) is -0.104. The summed E-state index contributed by atoms with van der Waals surface area (Å²) in [7, 11) is 1.61. The smallest absolute Gasteiger partial charge is 0.335 e. The number of carboxylic acids is 1. The average molecular weight is 330 g/mol. The van der Waals surface area contributed by atoms with Crippen LogP contribution in [0.25, 0.3) is 0 Å². The van der Waals surface area contributed by atoms with Crippen molar-refractivity contribution < 1.29 is 24.1 Å². The highest BCUT2D eigenvalue weighted by Crippen LogP contribution is 2.25. The Labute approximate surface area is 141 Å². The average Bonchev–Trinajstić information content (AvgIpc) is 2.60. The van der Waals surface area contributed by atoms with E-state index in [1.807, 2.05) is 37.3 Å². The number of aromatic carboxylic acids is 1. The fraction of sp³-hybridized carbons (Fsp3) is 0.316. The van der Waals surface area contributed by atoms with E-state index in [9.17, 15) is 9.90 Å². The second-order valence-corrected chi connectivity index (χ2v) is 5.38. The van der Waals surface area contributed by atoms with Crippen LogP contribution in [0.5, 0.6) is 11.5 Å². The zero-order valence-electron chi connectivity index (χ0n) is 13.9. The van der Waals surface area contributed by atoms with Crippen LogP contribution in [0.2, 0.25) is 0 Å². The van der Waals surface area contributed by atoms with E-state index in [1.165, 1.54) is 12.1 Å². The Hall–Kier alpha value is -2.53. The third kappa shape index (κ3) is 5.28. The van der Waals surface area contributed by atoms with E-state index in [0.29, 0.717) is 24.7 Å². The van der Waals surface area contributed by atoms with E-state index < -0.39 is 5.97 Å². The number of benzene rings is 2. The molecule has 0 fully saturated rings. The van der Waals surface area contributed by atoms with Crippen LogP contribution in [0.15, 0.2) is 48.5 Å². The summed E-state index contributed by atoms with van der Waals surface area (Å²) in [5, 5.41) is 9.28. The minimum Gasteiger partial charge on any atom is -0.489 e. The molecule has 5 nitrogen and oxygen atoms in total. The Morgan fingerprint density at radius 2 is 1.83 bits per heavy atom. The Balaban J connectivity index is 2.16. The summed E-state index contributed by atoms with van der Waals surface area (Å²) in [4.78, 5) is 11.3. The minimum absolute atomic E-state index is 0.128. The van der Waals surface area contributed by atoms with Gasteiger partial charge < -0.3 is 19.3 Å². The molecule has 0 spiro atoms. The van der Waals surface area contributed by atoms with E-state index >= 15 is 0 Å². The number of hydrogen-bond acceptors (Lipinski definition) is 4. The predicted molar refractivity (Wildman–Crippen MR) is 90.8 cm³/mol. The first kappa shape index (κ1) is 17.8. The number of methoxy groups -OCH3 is 1. The van der Waals surface area contributed by atoms with Crippen molar-refractivity contribution in [1.29, 1.82) is 0 Å². The van der Waals surface area contributed by atoms with Crippen molar-refractivity contribution in [1.82, 2.24) is 0 Å². The molecule has 128 valence electrons. The van der Waals surface area contributed by atoms with Gasteiger partial charge in [-0.15, -0.1) is 0 Å². The largest absolute Gasteiger partial charge is 0.489 e. The molecule has 24 heavy (non-hydrogen) atoms. The Morgan fingerprint density at radius 3 is 2.46 bits per heavy atom. The molecule has 5 heteroatoms. The van der Waals surface area contributed by atoms with Crippen LogP contribution in [-0.4, -0.2) is 30.9 Å². The van der Waals surface area contributed by atoms with E-state index in [-0.39, 0.29) is 11.7 Å². The summed E-state index contributed by atoms with van der Waals surface area (Å²) in [6, 6.07) is 14.4. The second kappa shape index (κ2) is 8.93. The maximum absolute atomic E-state index is 11.3. The van der Waals surface area contributed by atoms with Gasteiger partial charge >= 0.3 is 5.97 Å². The van der Waals surface area contributed by atoms with Gasteiger partial charge in [0.05, 0.1) is 12.2 Å². The van der Waals surface area contributed by atoms with Crippen molar-refractivity contribution in [2.45, 2.75) is 26.1 Å². The summed E-state index contributed by atoms with van der Waals surface area (Å²) >= 11 is 0. The fourth-order valence-corrected chi connectivity index (χ4v) is 2.20. The van der Waals surface area contributed by atoms with E-state index in [1.54, 1.807) is 13.2 Å². The lowest BCUT2D eigenvalue weighted by molar-refractivity contribution is 0.0690. The molecule has 0 aromatic heterocycles. The molecule has 0 radical (unpaired) electrons. The number of hydrogen-bond donors (Lipinski definition) is 1. The van der Waals surface area contributed by atoms with Gasteiger partial charge in [-0.1, -0.05) is 37.3 Å². The highest BCUT2D eigenvalue weighted by molar-refractivity contribution is 5.88. The zero-order chi connectivity index (χ0) is 17.4. The Bertz CT molecular complexity index is 654. The molecule has 0 aliphatic carbocycles.